The summed E-state index contributed by atoms with van der Waals surface area (Å²) in [5, 5.41) is 2.49. The standard InChI is InChI=1S/C17H14F3N3OS/c1-9(16(24)21-8-10-4-2-3-5-11(10)18)25-17-22-14-6-12(19)13(20)7-15(14)23-17/h2-7,9H,8H2,1H3,(H,21,24)(H,22,23). The summed E-state index contributed by atoms with van der Waals surface area (Å²) in [6, 6.07) is 8.20. The highest BCUT2D eigenvalue weighted by Crippen LogP contribution is 2.25. The molecule has 0 bridgehead atoms. The van der Waals surface area contributed by atoms with Crippen LogP contribution in [0.3, 0.4) is 0 Å². The summed E-state index contributed by atoms with van der Waals surface area (Å²) < 4.78 is 40.0. The number of hydrogen-bond acceptors (Lipinski definition) is 3. The van der Waals surface area contributed by atoms with Crippen LogP contribution in [0.25, 0.3) is 11.0 Å². The van der Waals surface area contributed by atoms with Gasteiger partial charge >= 0.3 is 0 Å². The molecule has 0 aliphatic carbocycles. The van der Waals surface area contributed by atoms with Crippen molar-refractivity contribution in [2.45, 2.75) is 23.9 Å². The van der Waals surface area contributed by atoms with Gasteiger partial charge in [0.1, 0.15) is 5.82 Å². The molecule has 1 heterocycles. The van der Waals surface area contributed by atoms with Crippen LogP contribution < -0.4 is 5.32 Å². The van der Waals surface area contributed by atoms with E-state index in [9.17, 15) is 18.0 Å². The molecule has 0 saturated heterocycles. The number of hydrogen-bond donors (Lipinski definition) is 2. The van der Waals surface area contributed by atoms with Gasteiger partial charge in [0.2, 0.25) is 5.91 Å². The third-order valence-electron chi connectivity index (χ3n) is 3.57. The Kier molecular flexibility index (Phi) is 4.98. The highest BCUT2D eigenvalue weighted by molar-refractivity contribution is 8.00. The van der Waals surface area contributed by atoms with Gasteiger partial charge in [-0.1, -0.05) is 30.0 Å². The van der Waals surface area contributed by atoms with Gasteiger partial charge in [0.15, 0.2) is 16.8 Å². The SMILES string of the molecule is CC(Sc1nc2cc(F)c(F)cc2[nH]1)C(=O)NCc1ccccc1F. The molecule has 1 aromatic heterocycles. The normalized spacial score (nSPS) is 12.3. The second kappa shape index (κ2) is 7.18. The van der Waals surface area contributed by atoms with E-state index in [0.29, 0.717) is 16.2 Å². The number of carbonyl (C=O) groups is 1. The molecule has 0 saturated carbocycles. The van der Waals surface area contributed by atoms with Crippen LogP contribution in [0.5, 0.6) is 0 Å². The van der Waals surface area contributed by atoms with Crippen LogP contribution in [0.4, 0.5) is 13.2 Å². The lowest BCUT2D eigenvalue weighted by Crippen LogP contribution is -2.30. The van der Waals surface area contributed by atoms with Crippen LogP contribution in [-0.2, 0) is 11.3 Å². The Morgan fingerprint density at radius 1 is 1.20 bits per heavy atom. The molecular weight excluding hydrogens is 351 g/mol. The third kappa shape index (κ3) is 3.96. The maximum absolute atomic E-state index is 13.5. The molecule has 0 aliphatic heterocycles. The molecule has 0 aliphatic rings. The van der Waals surface area contributed by atoms with E-state index in [-0.39, 0.29) is 23.8 Å². The quantitative estimate of drug-likeness (QED) is 0.677. The van der Waals surface area contributed by atoms with Crippen molar-refractivity contribution in [1.29, 1.82) is 0 Å². The first-order valence-corrected chi connectivity index (χ1v) is 8.34. The number of aromatic nitrogens is 2. The Morgan fingerprint density at radius 2 is 1.92 bits per heavy atom. The van der Waals surface area contributed by atoms with Crippen molar-refractivity contribution in [2.24, 2.45) is 0 Å². The zero-order valence-electron chi connectivity index (χ0n) is 13.1. The van der Waals surface area contributed by atoms with Gasteiger partial charge in [0.05, 0.1) is 16.3 Å². The fourth-order valence-corrected chi connectivity index (χ4v) is 3.07. The molecule has 3 rings (SSSR count). The van der Waals surface area contributed by atoms with E-state index in [1.165, 1.54) is 6.07 Å². The van der Waals surface area contributed by atoms with Crippen molar-refractivity contribution in [3.8, 4) is 0 Å². The van der Waals surface area contributed by atoms with E-state index in [1.54, 1.807) is 25.1 Å². The number of nitrogens with zero attached hydrogens (tertiary/aromatic N) is 1. The molecule has 8 heteroatoms. The van der Waals surface area contributed by atoms with Gasteiger partial charge in [-0.15, -0.1) is 0 Å². The second-order valence-corrected chi connectivity index (χ2v) is 6.72. The summed E-state index contributed by atoms with van der Waals surface area (Å²) in [4.78, 5) is 19.1. The molecule has 130 valence electrons. The number of halogens is 3. The van der Waals surface area contributed by atoms with Crippen LogP contribution in [0.2, 0.25) is 0 Å². The zero-order chi connectivity index (χ0) is 18.0. The molecule has 0 spiro atoms. The number of fused-ring (bicyclic) bond motifs is 1. The van der Waals surface area contributed by atoms with Crippen molar-refractivity contribution in [1.82, 2.24) is 15.3 Å². The smallest absolute Gasteiger partial charge is 0.233 e. The Morgan fingerprint density at radius 3 is 2.68 bits per heavy atom. The molecule has 3 aromatic rings. The molecule has 0 fully saturated rings. The van der Waals surface area contributed by atoms with Gasteiger partial charge in [-0.2, -0.15) is 0 Å². The predicted octanol–water partition coefficient (Wildman–Crippen LogP) is 3.78. The lowest BCUT2D eigenvalue weighted by atomic mass is 10.2. The third-order valence-corrected chi connectivity index (χ3v) is 4.55. The first-order valence-electron chi connectivity index (χ1n) is 7.46. The van der Waals surface area contributed by atoms with Gasteiger partial charge in [-0.25, -0.2) is 18.2 Å². The number of H-pyrrole nitrogens is 1. The average molecular weight is 365 g/mol. The number of thioether (sulfide) groups is 1. The molecule has 1 amide bonds. The molecule has 4 nitrogen and oxygen atoms in total. The summed E-state index contributed by atoms with van der Waals surface area (Å²) in [7, 11) is 0. The Balaban J connectivity index is 1.64. The van der Waals surface area contributed by atoms with E-state index >= 15 is 0 Å². The average Bonchev–Trinajstić information content (AvgIpc) is 2.95. The molecular formula is C17H14F3N3OS. The van der Waals surface area contributed by atoms with Crippen molar-refractivity contribution in [2.75, 3.05) is 0 Å². The number of nitrogens with one attached hydrogen (secondary N) is 2. The topological polar surface area (TPSA) is 57.8 Å². The van der Waals surface area contributed by atoms with E-state index in [2.05, 4.69) is 15.3 Å². The number of carbonyl (C=O) groups excluding carboxylic acids is 1. The number of imidazole rings is 1. The monoisotopic (exact) mass is 365 g/mol. The Bertz CT molecular complexity index is 890. The van der Waals surface area contributed by atoms with Gasteiger partial charge in [-0.05, 0) is 13.0 Å². The van der Waals surface area contributed by atoms with Crippen LogP contribution in [0, 0.1) is 17.5 Å². The maximum atomic E-state index is 13.5. The van der Waals surface area contributed by atoms with Crippen LogP contribution in [-0.4, -0.2) is 21.1 Å². The summed E-state index contributed by atoms with van der Waals surface area (Å²) >= 11 is 1.11. The second-order valence-electron chi connectivity index (χ2n) is 5.39. The highest BCUT2D eigenvalue weighted by atomic mass is 32.2. The van der Waals surface area contributed by atoms with E-state index in [1.807, 2.05) is 0 Å². The summed E-state index contributed by atoms with van der Waals surface area (Å²) in [6.07, 6.45) is 0. The first-order chi connectivity index (χ1) is 11.9. The van der Waals surface area contributed by atoms with Gasteiger partial charge in [0.25, 0.3) is 0 Å². The first kappa shape index (κ1) is 17.3. The van der Waals surface area contributed by atoms with Gasteiger partial charge in [-0.3, -0.25) is 4.79 Å². The summed E-state index contributed by atoms with van der Waals surface area (Å²) in [5.74, 6) is -2.63. The summed E-state index contributed by atoms with van der Waals surface area (Å²) in [5.41, 5.74) is 1.02. The minimum Gasteiger partial charge on any atom is -0.351 e. The molecule has 2 aromatic carbocycles. The number of amides is 1. The molecule has 0 radical (unpaired) electrons. The number of rotatable bonds is 5. The van der Waals surface area contributed by atoms with Crippen LogP contribution in [0.1, 0.15) is 12.5 Å². The molecule has 2 N–H and O–H groups in total. The largest absolute Gasteiger partial charge is 0.351 e. The highest BCUT2D eigenvalue weighted by Gasteiger charge is 2.17. The summed E-state index contributed by atoms with van der Waals surface area (Å²) in [6.45, 7) is 1.74. The fourth-order valence-electron chi connectivity index (χ4n) is 2.23. The maximum Gasteiger partial charge on any atom is 0.233 e. The fraction of sp³-hybridized carbons (Fsp3) is 0.176. The van der Waals surface area contributed by atoms with Crippen molar-refractivity contribution in [3.05, 3.63) is 59.4 Å². The lowest BCUT2D eigenvalue weighted by molar-refractivity contribution is -0.120. The van der Waals surface area contributed by atoms with E-state index in [0.717, 1.165) is 23.9 Å². The van der Waals surface area contributed by atoms with Crippen LogP contribution >= 0.6 is 11.8 Å². The number of benzene rings is 2. The molecule has 1 atom stereocenters. The van der Waals surface area contributed by atoms with Crippen molar-refractivity contribution >= 4 is 28.7 Å². The minimum absolute atomic E-state index is 0.0763. The molecule has 1 unspecified atom stereocenters. The molecule has 25 heavy (non-hydrogen) atoms. The van der Waals surface area contributed by atoms with Crippen molar-refractivity contribution in [3.63, 3.8) is 0 Å². The zero-order valence-corrected chi connectivity index (χ0v) is 14.0. The minimum atomic E-state index is -0.980. The predicted molar refractivity (Wildman–Crippen MR) is 89.6 cm³/mol. The Labute approximate surface area is 145 Å². The van der Waals surface area contributed by atoms with E-state index < -0.39 is 16.9 Å². The van der Waals surface area contributed by atoms with E-state index in [4.69, 9.17) is 0 Å². The number of aromatic amines is 1. The van der Waals surface area contributed by atoms with Gasteiger partial charge < -0.3 is 10.3 Å². The van der Waals surface area contributed by atoms with Crippen molar-refractivity contribution < 1.29 is 18.0 Å². The van der Waals surface area contributed by atoms with Crippen LogP contribution in [0.15, 0.2) is 41.6 Å². The van der Waals surface area contributed by atoms with Gasteiger partial charge in [0, 0.05) is 24.2 Å². The Hall–Kier alpha value is -2.48. The lowest BCUT2D eigenvalue weighted by Gasteiger charge is -2.11.